The minimum atomic E-state index is -0.347. The van der Waals surface area contributed by atoms with Crippen molar-refractivity contribution in [2.75, 3.05) is 27.2 Å². The molecule has 15 heavy (non-hydrogen) atoms. The number of aliphatic hydroxyl groups excluding tert-OH is 1. The van der Waals surface area contributed by atoms with Gasteiger partial charge in [0.2, 0.25) is 0 Å². The smallest absolute Gasteiger partial charge is 0.0739 e. The quantitative estimate of drug-likeness (QED) is 0.674. The van der Waals surface area contributed by atoms with Gasteiger partial charge >= 0.3 is 0 Å². The van der Waals surface area contributed by atoms with E-state index in [-0.39, 0.29) is 24.2 Å². The van der Waals surface area contributed by atoms with Crippen LogP contribution in [0.15, 0.2) is 4.99 Å². The molecular formula is C11H22N2O2. The zero-order chi connectivity index (χ0) is 11.4. The number of ether oxygens (including phenoxy) is 1. The molecule has 0 radical (unpaired) electrons. The number of hydrogen-bond acceptors (Lipinski definition) is 4. The van der Waals surface area contributed by atoms with Crippen LogP contribution in [-0.4, -0.2) is 62.2 Å². The minimum absolute atomic E-state index is 0.158. The summed E-state index contributed by atoms with van der Waals surface area (Å²) in [7, 11) is 3.75. The fourth-order valence-electron chi connectivity index (χ4n) is 2.24. The summed E-state index contributed by atoms with van der Waals surface area (Å²) in [5.41, 5.74) is 0. The Labute approximate surface area is 91.9 Å². The number of likely N-dealkylation sites (N-methyl/N-ethyl adjacent to an activating group) is 1. The predicted octanol–water partition coefficient (Wildman–Crippen LogP) is 0.403. The van der Waals surface area contributed by atoms with Crippen LogP contribution in [0.4, 0.5) is 0 Å². The van der Waals surface area contributed by atoms with Gasteiger partial charge < -0.3 is 14.8 Å². The molecule has 1 aliphatic heterocycles. The van der Waals surface area contributed by atoms with Crippen LogP contribution in [0.2, 0.25) is 0 Å². The van der Waals surface area contributed by atoms with E-state index in [9.17, 15) is 5.11 Å². The molecule has 0 spiro atoms. The van der Waals surface area contributed by atoms with E-state index in [0.29, 0.717) is 6.54 Å². The molecule has 1 rings (SSSR count). The molecule has 88 valence electrons. The molecule has 0 amide bonds. The van der Waals surface area contributed by atoms with Crippen LogP contribution >= 0.6 is 0 Å². The fourth-order valence-corrected chi connectivity index (χ4v) is 2.24. The van der Waals surface area contributed by atoms with Gasteiger partial charge in [-0.15, -0.1) is 0 Å². The molecule has 0 aliphatic carbocycles. The van der Waals surface area contributed by atoms with E-state index in [1.54, 1.807) is 7.11 Å². The first-order valence-corrected chi connectivity index (χ1v) is 5.43. The van der Waals surface area contributed by atoms with Crippen LogP contribution in [0.5, 0.6) is 0 Å². The van der Waals surface area contributed by atoms with Gasteiger partial charge in [0.05, 0.1) is 12.2 Å². The van der Waals surface area contributed by atoms with Crippen molar-refractivity contribution in [3.63, 3.8) is 0 Å². The summed E-state index contributed by atoms with van der Waals surface area (Å²) in [6.07, 6.45) is 0.800. The second kappa shape index (κ2) is 5.58. The number of methoxy groups -OCH3 is 1. The number of aliphatic hydroxyl groups is 1. The van der Waals surface area contributed by atoms with Crippen molar-refractivity contribution in [3.05, 3.63) is 0 Å². The van der Waals surface area contributed by atoms with E-state index in [4.69, 9.17) is 4.74 Å². The molecule has 0 aromatic rings. The lowest BCUT2D eigenvalue weighted by atomic mass is 9.96. The zero-order valence-corrected chi connectivity index (χ0v) is 9.89. The molecule has 4 heteroatoms. The highest BCUT2D eigenvalue weighted by Crippen LogP contribution is 2.24. The molecule has 1 fully saturated rings. The van der Waals surface area contributed by atoms with Crippen LogP contribution in [-0.2, 0) is 4.74 Å². The summed E-state index contributed by atoms with van der Waals surface area (Å²) in [5, 5.41) is 10.1. The largest absolute Gasteiger partial charge is 0.391 e. The van der Waals surface area contributed by atoms with Crippen molar-refractivity contribution in [3.8, 4) is 0 Å². The van der Waals surface area contributed by atoms with Crippen molar-refractivity contribution in [1.29, 1.82) is 0 Å². The molecule has 1 saturated heterocycles. The number of hydrogen-bond donors (Lipinski definition) is 1. The standard InChI is InChI=1S/C11H22N2O2/c1-8(6-12-2)11(14)10-5-9(15-4)7-13(10)3/h8-11,14H,2,5-7H2,1,3-4H3. The maximum atomic E-state index is 10.1. The van der Waals surface area contributed by atoms with Crippen molar-refractivity contribution in [2.45, 2.75) is 31.6 Å². The van der Waals surface area contributed by atoms with Crippen LogP contribution < -0.4 is 0 Å². The van der Waals surface area contributed by atoms with Gasteiger partial charge in [-0.3, -0.25) is 4.90 Å². The van der Waals surface area contributed by atoms with Crippen molar-refractivity contribution in [2.24, 2.45) is 10.9 Å². The zero-order valence-electron chi connectivity index (χ0n) is 9.89. The van der Waals surface area contributed by atoms with Crippen LogP contribution in [0, 0.1) is 5.92 Å². The highest BCUT2D eigenvalue weighted by molar-refractivity contribution is 5.23. The molecule has 4 nitrogen and oxygen atoms in total. The summed E-state index contributed by atoms with van der Waals surface area (Å²) in [5.74, 6) is 0.158. The summed E-state index contributed by atoms with van der Waals surface area (Å²) < 4.78 is 5.31. The Balaban J connectivity index is 2.52. The van der Waals surface area contributed by atoms with Gasteiger partial charge in [0.15, 0.2) is 0 Å². The first-order valence-electron chi connectivity index (χ1n) is 5.43. The summed E-state index contributed by atoms with van der Waals surface area (Å²) >= 11 is 0. The van der Waals surface area contributed by atoms with Crippen molar-refractivity contribution < 1.29 is 9.84 Å². The number of rotatable bonds is 5. The van der Waals surface area contributed by atoms with Gasteiger partial charge in [-0.2, -0.15) is 0 Å². The monoisotopic (exact) mass is 214 g/mol. The number of nitrogens with zero attached hydrogens (tertiary/aromatic N) is 2. The third-order valence-corrected chi connectivity index (χ3v) is 3.29. The summed E-state index contributed by atoms with van der Waals surface area (Å²) in [6.45, 7) is 6.98. The Morgan fingerprint density at radius 3 is 2.80 bits per heavy atom. The Morgan fingerprint density at radius 2 is 2.33 bits per heavy atom. The van der Waals surface area contributed by atoms with Gasteiger partial charge in [-0.1, -0.05) is 6.92 Å². The molecule has 0 aromatic carbocycles. The third kappa shape index (κ3) is 3.00. The molecule has 0 saturated carbocycles. The average Bonchev–Trinajstić information content (AvgIpc) is 2.59. The van der Waals surface area contributed by atoms with Gasteiger partial charge in [0, 0.05) is 32.2 Å². The minimum Gasteiger partial charge on any atom is -0.391 e. The molecule has 0 aromatic heterocycles. The van der Waals surface area contributed by atoms with Gasteiger partial charge in [-0.25, -0.2) is 0 Å². The van der Waals surface area contributed by atoms with Crippen LogP contribution in [0.3, 0.4) is 0 Å². The highest BCUT2D eigenvalue weighted by atomic mass is 16.5. The average molecular weight is 214 g/mol. The predicted molar refractivity (Wildman–Crippen MR) is 61.4 cm³/mol. The maximum absolute atomic E-state index is 10.1. The molecule has 4 unspecified atom stereocenters. The van der Waals surface area contributed by atoms with E-state index in [2.05, 4.69) is 16.6 Å². The van der Waals surface area contributed by atoms with Gasteiger partial charge in [0.25, 0.3) is 0 Å². The van der Waals surface area contributed by atoms with E-state index in [0.717, 1.165) is 13.0 Å². The van der Waals surface area contributed by atoms with E-state index < -0.39 is 0 Å². The Hall–Kier alpha value is -0.450. The lowest BCUT2D eigenvalue weighted by molar-refractivity contribution is 0.0450. The molecular weight excluding hydrogens is 192 g/mol. The first-order chi connectivity index (χ1) is 7.10. The molecule has 4 atom stereocenters. The summed E-state index contributed by atoms with van der Waals surface area (Å²) in [6, 6.07) is 0.187. The molecule has 1 aliphatic rings. The second-order valence-electron chi connectivity index (χ2n) is 4.47. The Morgan fingerprint density at radius 1 is 1.67 bits per heavy atom. The van der Waals surface area contributed by atoms with E-state index in [1.165, 1.54) is 0 Å². The van der Waals surface area contributed by atoms with Gasteiger partial charge in [0.1, 0.15) is 0 Å². The lowest BCUT2D eigenvalue weighted by Crippen LogP contribution is -2.41. The lowest BCUT2D eigenvalue weighted by Gasteiger charge is -2.28. The van der Waals surface area contributed by atoms with E-state index >= 15 is 0 Å². The van der Waals surface area contributed by atoms with E-state index in [1.807, 2.05) is 14.0 Å². The summed E-state index contributed by atoms with van der Waals surface area (Å²) in [4.78, 5) is 6.00. The highest BCUT2D eigenvalue weighted by Gasteiger charge is 2.36. The Kier molecular flexibility index (Phi) is 4.70. The SMILES string of the molecule is C=NCC(C)C(O)C1CC(OC)CN1C. The maximum Gasteiger partial charge on any atom is 0.0739 e. The topological polar surface area (TPSA) is 45.1 Å². The van der Waals surface area contributed by atoms with Crippen LogP contribution in [0.25, 0.3) is 0 Å². The molecule has 1 N–H and O–H groups in total. The van der Waals surface area contributed by atoms with Gasteiger partial charge in [-0.05, 0) is 20.2 Å². The normalized spacial score (nSPS) is 31.5. The second-order valence-corrected chi connectivity index (χ2v) is 4.47. The third-order valence-electron chi connectivity index (χ3n) is 3.29. The van der Waals surface area contributed by atoms with Crippen molar-refractivity contribution >= 4 is 6.72 Å². The number of aliphatic imine (C=N–C) groups is 1. The first kappa shape index (κ1) is 12.6. The van der Waals surface area contributed by atoms with Crippen LogP contribution in [0.1, 0.15) is 13.3 Å². The fraction of sp³-hybridized carbons (Fsp3) is 0.909. The number of likely N-dealkylation sites (tertiary alicyclic amines) is 1. The van der Waals surface area contributed by atoms with Crippen molar-refractivity contribution in [1.82, 2.24) is 4.90 Å². The Bertz CT molecular complexity index is 211. The molecule has 1 heterocycles. The molecule has 0 bridgehead atoms.